The van der Waals surface area contributed by atoms with E-state index in [1.165, 1.54) is 16.7 Å². The second kappa shape index (κ2) is 8.44. The van der Waals surface area contributed by atoms with Crippen molar-refractivity contribution in [3.63, 3.8) is 0 Å². The van der Waals surface area contributed by atoms with E-state index in [1.807, 2.05) is 88.4 Å². The third-order valence-electron chi connectivity index (χ3n) is 5.10. The summed E-state index contributed by atoms with van der Waals surface area (Å²) >= 11 is 1.31. The molecule has 2 amide bonds. The number of nitrogens with one attached hydrogen (secondary N) is 1. The van der Waals surface area contributed by atoms with Gasteiger partial charge in [0.1, 0.15) is 10.6 Å². The first-order valence-electron chi connectivity index (χ1n) is 10.1. The van der Waals surface area contributed by atoms with Crippen LogP contribution in [-0.4, -0.2) is 11.8 Å². The Morgan fingerprint density at radius 2 is 1.42 bits per heavy atom. The van der Waals surface area contributed by atoms with E-state index < -0.39 is 0 Å². The van der Waals surface area contributed by atoms with Crippen LogP contribution in [0, 0.1) is 27.7 Å². The fraction of sp³-hybridized carbons (Fsp3) is 0.154. The van der Waals surface area contributed by atoms with Crippen LogP contribution in [0.25, 0.3) is 0 Å². The van der Waals surface area contributed by atoms with Crippen LogP contribution in [0.4, 0.5) is 11.4 Å². The van der Waals surface area contributed by atoms with Crippen molar-refractivity contribution >= 4 is 35.0 Å². The van der Waals surface area contributed by atoms with E-state index in [9.17, 15) is 9.59 Å². The Hall–Kier alpha value is -3.31. The second-order valence-corrected chi connectivity index (χ2v) is 8.94. The van der Waals surface area contributed by atoms with Gasteiger partial charge in [-0.25, -0.2) is 4.90 Å². The largest absolute Gasteiger partial charge is 0.350 e. The van der Waals surface area contributed by atoms with Gasteiger partial charge >= 0.3 is 0 Å². The van der Waals surface area contributed by atoms with E-state index in [1.54, 1.807) is 0 Å². The highest BCUT2D eigenvalue weighted by Crippen LogP contribution is 2.39. The molecule has 1 aliphatic rings. The lowest BCUT2D eigenvalue weighted by Gasteiger charge is -2.18. The van der Waals surface area contributed by atoms with Crippen molar-refractivity contribution in [1.82, 2.24) is 0 Å². The second-order valence-electron chi connectivity index (χ2n) is 7.86. The van der Waals surface area contributed by atoms with Gasteiger partial charge in [0, 0.05) is 10.6 Å². The molecule has 0 saturated heterocycles. The number of hydrogen-bond donors (Lipinski definition) is 1. The number of anilines is 2. The summed E-state index contributed by atoms with van der Waals surface area (Å²) in [5, 5.41) is 3.25. The summed E-state index contributed by atoms with van der Waals surface area (Å²) in [7, 11) is 0. The van der Waals surface area contributed by atoms with Crippen molar-refractivity contribution in [3.8, 4) is 0 Å². The maximum atomic E-state index is 13.5. The van der Waals surface area contributed by atoms with Crippen LogP contribution in [0.15, 0.2) is 82.2 Å². The highest BCUT2D eigenvalue weighted by atomic mass is 32.2. The molecule has 1 aliphatic heterocycles. The van der Waals surface area contributed by atoms with Gasteiger partial charge < -0.3 is 5.32 Å². The Kier molecular flexibility index (Phi) is 5.70. The number of carbonyl (C=O) groups excluding carboxylic acids is 2. The number of carbonyl (C=O) groups is 2. The molecule has 1 N–H and O–H groups in total. The van der Waals surface area contributed by atoms with E-state index in [-0.39, 0.29) is 11.8 Å². The molecular formula is C26H24N2O2S. The average molecular weight is 429 g/mol. The van der Waals surface area contributed by atoms with E-state index in [0.717, 1.165) is 32.8 Å². The maximum Gasteiger partial charge on any atom is 0.283 e. The van der Waals surface area contributed by atoms with Crippen molar-refractivity contribution < 1.29 is 9.59 Å². The van der Waals surface area contributed by atoms with E-state index in [2.05, 4.69) is 11.4 Å². The number of thioether (sulfide) groups is 1. The van der Waals surface area contributed by atoms with Gasteiger partial charge in [-0.15, -0.1) is 0 Å². The number of amides is 2. The summed E-state index contributed by atoms with van der Waals surface area (Å²) in [6, 6.07) is 21.5. The zero-order chi connectivity index (χ0) is 22.1. The van der Waals surface area contributed by atoms with Gasteiger partial charge in [0.15, 0.2) is 0 Å². The molecule has 4 nitrogen and oxygen atoms in total. The summed E-state index contributed by atoms with van der Waals surface area (Å²) in [5.74, 6) is -0.643. The van der Waals surface area contributed by atoms with E-state index in [4.69, 9.17) is 0 Å². The molecular weight excluding hydrogens is 404 g/mol. The van der Waals surface area contributed by atoms with Crippen molar-refractivity contribution in [3.05, 3.63) is 99.6 Å². The Bertz CT molecular complexity index is 1200. The standard InChI is InChI=1S/C26H24N2O2S/c1-16-10-11-19(4)22(15-16)28-25(29)23(27-20-13-17(2)12-18(3)14-20)24(26(28)30)31-21-8-6-5-7-9-21/h5-15,27H,1-4H3. The van der Waals surface area contributed by atoms with Gasteiger partial charge in [-0.2, -0.15) is 0 Å². The molecule has 0 aromatic heterocycles. The van der Waals surface area contributed by atoms with Gasteiger partial charge in [-0.3, -0.25) is 9.59 Å². The third kappa shape index (κ3) is 4.28. The number of nitrogens with zero attached hydrogens (tertiary/aromatic N) is 1. The Labute approximate surface area is 187 Å². The number of benzene rings is 3. The molecule has 0 bridgehead atoms. The molecule has 0 fully saturated rings. The van der Waals surface area contributed by atoms with Gasteiger partial charge in [-0.05, 0) is 80.3 Å². The van der Waals surface area contributed by atoms with Crippen LogP contribution >= 0.6 is 11.8 Å². The molecule has 4 rings (SSSR count). The first-order valence-corrected chi connectivity index (χ1v) is 10.9. The quantitative estimate of drug-likeness (QED) is 0.513. The predicted octanol–water partition coefficient (Wildman–Crippen LogP) is 5.91. The van der Waals surface area contributed by atoms with Crippen LogP contribution in [0.2, 0.25) is 0 Å². The molecule has 5 heteroatoms. The molecule has 0 atom stereocenters. The van der Waals surface area contributed by atoms with Gasteiger partial charge in [-0.1, -0.05) is 48.2 Å². The minimum Gasteiger partial charge on any atom is -0.350 e. The molecule has 3 aromatic rings. The molecule has 0 unspecified atom stereocenters. The van der Waals surface area contributed by atoms with Crippen LogP contribution in [0.1, 0.15) is 22.3 Å². The molecule has 0 aliphatic carbocycles. The first kappa shape index (κ1) is 20.9. The van der Waals surface area contributed by atoms with Gasteiger partial charge in [0.05, 0.1) is 5.69 Å². The van der Waals surface area contributed by atoms with Crippen molar-refractivity contribution in [2.45, 2.75) is 32.6 Å². The maximum absolute atomic E-state index is 13.5. The van der Waals surface area contributed by atoms with Gasteiger partial charge in [0.2, 0.25) is 0 Å². The number of hydrogen-bond acceptors (Lipinski definition) is 4. The number of imide groups is 1. The molecule has 156 valence electrons. The van der Waals surface area contributed by atoms with E-state index >= 15 is 0 Å². The summed E-state index contributed by atoms with van der Waals surface area (Å²) in [5.41, 5.74) is 5.77. The van der Waals surface area contributed by atoms with Gasteiger partial charge in [0.25, 0.3) is 11.8 Å². The first-order chi connectivity index (χ1) is 14.8. The Balaban J connectivity index is 1.79. The third-order valence-corrected chi connectivity index (χ3v) is 6.19. The van der Waals surface area contributed by atoms with E-state index in [0.29, 0.717) is 16.3 Å². The molecule has 31 heavy (non-hydrogen) atoms. The smallest absolute Gasteiger partial charge is 0.283 e. The van der Waals surface area contributed by atoms with Crippen LogP contribution in [-0.2, 0) is 9.59 Å². The summed E-state index contributed by atoms with van der Waals surface area (Å²) in [6.45, 7) is 7.89. The zero-order valence-corrected chi connectivity index (χ0v) is 18.8. The minimum atomic E-state index is -0.337. The lowest BCUT2D eigenvalue weighted by molar-refractivity contribution is -0.120. The molecule has 1 heterocycles. The summed E-state index contributed by atoms with van der Waals surface area (Å²) < 4.78 is 0. The predicted molar refractivity (Wildman–Crippen MR) is 127 cm³/mol. The highest BCUT2D eigenvalue weighted by Gasteiger charge is 2.40. The molecule has 3 aromatic carbocycles. The number of aryl methyl sites for hydroxylation is 4. The fourth-order valence-electron chi connectivity index (χ4n) is 3.69. The lowest BCUT2D eigenvalue weighted by atomic mass is 10.1. The van der Waals surface area contributed by atoms with Crippen LogP contribution in [0.5, 0.6) is 0 Å². The number of rotatable bonds is 5. The zero-order valence-electron chi connectivity index (χ0n) is 18.0. The SMILES string of the molecule is Cc1cc(C)cc(NC2=C(Sc3ccccc3)C(=O)N(c3cc(C)ccc3C)C2=O)c1. The Morgan fingerprint density at radius 3 is 2.10 bits per heavy atom. The van der Waals surface area contributed by atoms with Crippen molar-refractivity contribution in [1.29, 1.82) is 0 Å². The average Bonchev–Trinajstić information content (AvgIpc) is 2.94. The molecule has 0 radical (unpaired) electrons. The van der Waals surface area contributed by atoms with Crippen LogP contribution in [0.3, 0.4) is 0 Å². The minimum absolute atomic E-state index is 0.306. The summed E-state index contributed by atoms with van der Waals surface area (Å²) in [4.78, 5) is 29.6. The van der Waals surface area contributed by atoms with Crippen molar-refractivity contribution in [2.24, 2.45) is 0 Å². The molecule has 0 saturated carbocycles. The Morgan fingerprint density at radius 1 is 0.742 bits per heavy atom. The lowest BCUT2D eigenvalue weighted by Crippen LogP contribution is -2.33. The monoisotopic (exact) mass is 428 g/mol. The van der Waals surface area contributed by atoms with Crippen LogP contribution < -0.4 is 10.2 Å². The highest BCUT2D eigenvalue weighted by molar-refractivity contribution is 8.04. The summed E-state index contributed by atoms with van der Waals surface area (Å²) in [6.07, 6.45) is 0. The normalized spacial score (nSPS) is 13.9. The topological polar surface area (TPSA) is 49.4 Å². The fourth-order valence-corrected chi connectivity index (χ4v) is 4.64. The molecule has 0 spiro atoms. The van der Waals surface area contributed by atoms with Crippen molar-refractivity contribution in [2.75, 3.05) is 10.2 Å².